The number of anilines is 2. The molecule has 0 spiro atoms. The van der Waals surface area contributed by atoms with Gasteiger partial charge in [-0.15, -0.1) is 0 Å². The smallest absolute Gasteiger partial charge is 0.118 e. The molecule has 6 rings (SSSR count). The third-order valence-corrected chi connectivity index (χ3v) is 7.95. The Hall–Kier alpha value is -3.98. The van der Waals surface area contributed by atoms with Gasteiger partial charge in [0.25, 0.3) is 0 Å². The van der Waals surface area contributed by atoms with Crippen LogP contribution in [0.25, 0.3) is 11.6 Å². The van der Waals surface area contributed by atoms with E-state index in [9.17, 15) is 0 Å². The molecule has 0 N–H and O–H groups in total. The number of nitrogens with zero attached hydrogens (tertiary/aromatic N) is 1. The zero-order valence-corrected chi connectivity index (χ0v) is 21.8. The van der Waals surface area contributed by atoms with Gasteiger partial charge in [0.1, 0.15) is 11.5 Å². The Labute approximate surface area is 220 Å². The number of benzene rings is 4. The topological polar surface area (TPSA) is 21.7 Å². The number of methoxy groups -OCH3 is 2. The van der Waals surface area contributed by atoms with E-state index in [0.717, 1.165) is 22.6 Å². The van der Waals surface area contributed by atoms with Crippen LogP contribution in [-0.2, 0) is 0 Å². The monoisotopic (exact) mass is 487 g/mol. The van der Waals surface area contributed by atoms with Crippen LogP contribution in [0.5, 0.6) is 11.5 Å². The molecule has 186 valence electrons. The van der Waals surface area contributed by atoms with Crippen LogP contribution in [0, 0.1) is 6.92 Å². The summed E-state index contributed by atoms with van der Waals surface area (Å²) in [6.45, 7) is 2.15. The van der Waals surface area contributed by atoms with E-state index in [4.69, 9.17) is 9.47 Å². The van der Waals surface area contributed by atoms with Crippen molar-refractivity contribution in [2.45, 2.75) is 38.1 Å². The summed E-state index contributed by atoms with van der Waals surface area (Å²) in [5.74, 6) is 2.31. The van der Waals surface area contributed by atoms with Gasteiger partial charge in [-0.25, -0.2) is 0 Å². The van der Waals surface area contributed by atoms with E-state index in [0.29, 0.717) is 12.0 Å². The summed E-state index contributed by atoms with van der Waals surface area (Å²) in [4.78, 5) is 2.59. The SMILES string of the molecule is COc1ccc(C(=Cc2ccc3c(c2)C2CCCC2N3c2ccc(C)cc2)c2ccc(OC)cc2)cc1. The van der Waals surface area contributed by atoms with Gasteiger partial charge in [0, 0.05) is 23.3 Å². The number of hydrogen-bond acceptors (Lipinski definition) is 3. The van der Waals surface area contributed by atoms with Crippen molar-refractivity contribution in [3.63, 3.8) is 0 Å². The lowest BCUT2D eigenvalue weighted by Gasteiger charge is -2.27. The average molecular weight is 488 g/mol. The van der Waals surface area contributed by atoms with Crippen LogP contribution in [0.15, 0.2) is 91.0 Å². The maximum absolute atomic E-state index is 5.41. The summed E-state index contributed by atoms with van der Waals surface area (Å²) < 4.78 is 10.8. The van der Waals surface area contributed by atoms with Crippen LogP contribution in [0.2, 0.25) is 0 Å². The average Bonchev–Trinajstić information content (AvgIpc) is 3.54. The van der Waals surface area contributed by atoms with Gasteiger partial charge < -0.3 is 14.4 Å². The van der Waals surface area contributed by atoms with E-state index in [1.54, 1.807) is 14.2 Å². The molecule has 4 aromatic rings. The molecule has 1 heterocycles. The molecule has 0 bridgehead atoms. The molecule has 3 nitrogen and oxygen atoms in total. The van der Waals surface area contributed by atoms with Crippen molar-refractivity contribution < 1.29 is 9.47 Å². The fourth-order valence-corrected chi connectivity index (χ4v) is 6.05. The highest BCUT2D eigenvalue weighted by Crippen LogP contribution is 2.52. The first-order valence-electron chi connectivity index (χ1n) is 13.1. The van der Waals surface area contributed by atoms with Crippen molar-refractivity contribution >= 4 is 23.0 Å². The lowest BCUT2D eigenvalue weighted by molar-refractivity contribution is 0.414. The third kappa shape index (κ3) is 4.40. The summed E-state index contributed by atoms with van der Waals surface area (Å²) in [6.07, 6.45) is 6.13. The van der Waals surface area contributed by atoms with Crippen molar-refractivity contribution in [2.24, 2.45) is 0 Å². The number of ether oxygens (including phenoxy) is 2. The molecule has 1 aliphatic heterocycles. The number of aryl methyl sites for hydroxylation is 1. The van der Waals surface area contributed by atoms with E-state index >= 15 is 0 Å². The van der Waals surface area contributed by atoms with E-state index in [1.165, 1.54) is 52.9 Å². The Kier molecular flexibility index (Phi) is 6.21. The van der Waals surface area contributed by atoms with Gasteiger partial charge in [0.2, 0.25) is 0 Å². The Bertz CT molecular complexity index is 1370. The number of rotatable bonds is 6. The molecule has 1 fully saturated rings. The zero-order chi connectivity index (χ0) is 25.4. The first-order valence-corrected chi connectivity index (χ1v) is 13.1. The molecule has 2 unspecified atom stereocenters. The molecule has 3 heteroatoms. The van der Waals surface area contributed by atoms with Gasteiger partial charge in [-0.05, 0) is 102 Å². The second-order valence-corrected chi connectivity index (χ2v) is 10.1. The Morgan fingerprint density at radius 1 is 0.757 bits per heavy atom. The Morgan fingerprint density at radius 2 is 1.38 bits per heavy atom. The first kappa shape index (κ1) is 23.4. The van der Waals surface area contributed by atoms with Crippen LogP contribution in [-0.4, -0.2) is 20.3 Å². The standard InChI is InChI=1S/C34H33NO2/c1-23-7-14-27(15-8-23)35-33-6-4-5-30(33)32-22-24(9-20-34(32)35)21-31(25-10-16-28(36-2)17-11-25)26-12-18-29(37-3)19-13-26/h7-22,30,33H,4-6H2,1-3H3. The fourth-order valence-electron chi connectivity index (χ4n) is 6.05. The van der Waals surface area contributed by atoms with E-state index in [1.807, 2.05) is 24.3 Å². The summed E-state index contributed by atoms with van der Waals surface area (Å²) in [6, 6.07) is 33.2. The molecule has 0 radical (unpaired) electrons. The second kappa shape index (κ2) is 9.82. The highest BCUT2D eigenvalue weighted by molar-refractivity contribution is 5.92. The maximum Gasteiger partial charge on any atom is 0.118 e. The molecule has 4 aromatic carbocycles. The minimum absolute atomic E-state index is 0.555. The lowest BCUT2D eigenvalue weighted by Crippen LogP contribution is -2.26. The number of fused-ring (bicyclic) bond motifs is 3. The van der Waals surface area contributed by atoms with Gasteiger partial charge in [-0.1, -0.05) is 54.4 Å². The van der Waals surface area contributed by atoms with Crippen LogP contribution in [0.4, 0.5) is 11.4 Å². The molecular weight excluding hydrogens is 454 g/mol. The normalized spacial score (nSPS) is 17.8. The predicted octanol–water partition coefficient (Wildman–Crippen LogP) is 8.39. The largest absolute Gasteiger partial charge is 0.497 e. The van der Waals surface area contributed by atoms with E-state index < -0.39 is 0 Å². The van der Waals surface area contributed by atoms with Crippen LogP contribution in [0.3, 0.4) is 0 Å². The number of hydrogen-bond donors (Lipinski definition) is 0. The van der Waals surface area contributed by atoms with Crippen molar-refractivity contribution in [3.8, 4) is 11.5 Å². The minimum Gasteiger partial charge on any atom is -0.497 e. The van der Waals surface area contributed by atoms with Gasteiger partial charge in [-0.3, -0.25) is 0 Å². The maximum atomic E-state index is 5.41. The second-order valence-electron chi connectivity index (χ2n) is 10.1. The summed E-state index contributed by atoms with van der Waals surface area (Å²) in [7, 11) is 3.41. The van der Waals surface area contributed by atoms with Gasteiger partial charge >= 0.3 is 0 Å². The van der Waals surface area contributed by atoms with Gasteiger partial charge in [0.05, 0.1) is 14.2 Å². The van der Waals surface area contributed by atoms with Crippen molar-refractivity contribution in [2.75, 3.05) is 19.1 Å². The first-order chi connectivity index (χ1) is 18.1. The zero-order valence-electron chi connectivity index (χ0n) is 21.8. The van der Waals surface area contributed by atoms with Crippen LogP contribution < -0.4 is 14.4 Å². The fraction of sp³-hybridized carbons (Fsp3) is 0.235. The van der Waals surface area contributed by atoms with Crippen LogP contribution in [0.1, 0.15) is 53.0 Å². The van der Waals surface area contributed by atoms with Crippen molar-refractivity contribution in [1.29, 1.82) is 0 Å². The lowest BCUT2D eigenvalue weighted by atomic mass is 9.92. The molecule has 37 heavy (non-hydrogen) atoms. The highest BCUT2D eigenvalue weighted by Gasteiger charge is 2.42. The highest BCUT2D eigenvalue weighted by atomic mass is 16.5. The van der Waals surface area contributed by atoms with E-state index in [2.05, 4.69) is 84.6 Å². The summed E-state index contributed by atoms with van der Waals surface area (Å²) >= 11 is 0. The molecule has 0 aromatic heterocycles. The molecule has 1 aliphatic carbocycles. The summed E-state index contributed by atoms with van der Waals surface area (Å²) in [5, 5.41) is 0. The minimum atomic E-state index is 0.555. The molecule has 1 saturated carbocycles. The molecule has 2 atom stereocenters. The summed E-state index contributed by atoms with van der Waals surface area (Å²) in [5.41, 5.74) is 10.2. The van der Waals surface area contributed by atoms with Crippen LogP contribution >= 0.6 is 0 Å². The molecular formula is C34H33NO2. The van der Waals surface area contributed by atoms with Gasteiger partial charge in [0.15, 0.2) is 0 Å². The molecule has 2 aliphatic rings. The third-order valence-electron chi connectivity index (χ3n) is 7.95. The van der Waals surface area contributed by atoms with Crippen molar-refractivity contribution in [3.05, 3.63) is 119 Å². The molecule has 0 saturated heterocycles. The Morgan fingerprint density at radius 3 is 1.97 bits per heavy atom. The van der Waals surface area contributed by atoms with Crippen molar-refractivity contribution in [1.82, 2.24) is 0 Å². The van der Waals surface area contributed by atoms with E-state index in [-0.39, 0.29) is 0 Å². The molecule has 0 amide bonds. The Balaban J connectivity index is 1.43. The quantitative estimate of drug-likeness (QED) is 0.255. The predicted molar refractivity (Wildman–Crippen MR) is 153 cm³/mol. The van der Waals surface area contributed by atoms with Gasteiger partial charge in [-0.2, -0.15) is 0 Å².